The first-order valence-electron chi connectivity index (χ1n) is 14.7. The van der Waals surface area contributed by atoms with Crippen molar-refractivity contribution in [2.45, 2.75) is 19.4 Å². The molecule has 220 valence electrons. The Morgan fingerprint density at radius 3 is 2.42 bits per heavy atom. The monoisotopic (exact) mass is 578 g/mol. The predicted molar refractivity (Wildman–Crippen MR) is 161 cm³/mol. The fraction of sp³-hybridized carbons (Fsp3) is 0.400. The van der Waals surface area contributed by atoms with Gasteiger partial charge in [-0.05, 0) is 43.5 Å². The zero-order valence-electron chi connectivity index (χ0n) is 24.4. The molecule has 2 saturated heterocycles. The molecule has 43 heavy (non-hydrogen) atoms. The van der Waals surface area contributed by atoms with E-state index in [-0.39, 0.29) is 5.91 Å². The Balaban J connectivity index is 1.00. The third-order valence-electron chi connectivity index (χ3n) is 8.35. The lowest BCUT2D eigenvalue weighted by molar-refractivity contribution is 0.0664. The number of benzene rings is 1. The zero-order valence-corrected chi connectivity index (χ0v) is 24.4. The third-order valence-corrected chi connectivity index (χ3v) is 8.35. The van der Waals surface area contributed by atoms with Gasteiger partial charge in [-0.25, -0.2) is 24.6 Å². The summed E-state index contributed by atoms with van der Waals surface area (Å²) < 4.78 is 3.61. The molecular formula is C30H34N12O. The minimum Gasteiger partial charge on any atom is -0.340 e. The number of hydrogen-bond donors (Lipinski definition) is 0. The maximum atomic E-state index is 12.9. The molecule has 2 aliphatic rings. The van der Waals surface area contributed by atoms with E-state index in [9.17, 15) is 4.79 Å². The van der Waals surface area contributed by atoms with Gasteiger partial charge in [-0.2, -0.15) is 5.10 Å². The topological polar surface area (TPSA) is 127 Å². The summed E-state index contributed by atoms with van der Waals surface area (Å²) in [7, 11) is 3.97. The van der Waals surface area contributed by atoms with Crippen LogP contribution in [0.5, 0.6) is 0 Å². The average molecular weight is 579 g/mol. The first kappa shape index (κ1) is 27.1. The maximum absolute atomic E-state index is 12.9. The highest BCUT2D eigenvalue weighted by Crippen LogP contribution is 2.25. The normalized spacial score (nSPS) is 18.0. The van der Waals surface area contributed by atoms with Crippen molar-refractivity contribution < 1.29 is 4.79 Å². The highest BCUT2D eigenvalue weighted by atomic mass is 16.2. The van der Waals surface area contributed by atoms with Gasteiger partial charge >= 0.3 is 0 Å². The van der Waals surface area contributed by atoms with Crippen LogP contribution in [0.15, 0.2) is 55.2 Å². The van der Waals surface area contributed by atoms with Crippen molar-refractivity contribution in [1.82, 2.24) is 54.5 Å². The number of amides is 1. The van der Waals surface area contributed by atoms with Gasteiger partial charge in [0.15, 0.2) is 5.65 Å². The Morgan fingerprint density at radius 2 is 1.67 bits per heavy atom. The number of aryl methyl sites for hydroxylation is 1. The zero-order chi connectivity index (χ0) is 29.3. The van der Waals surface area contributed by atoms with E-state index in [1.807, 2.05) is 59.5 Å². The number of carbonyl (C=O) groups is 1. The van der Waals surface area contributed by atoms with Crippen LogP contribution in [0.1, 0.15) is 23.2 Å². The molecule has 0 N–H and O–H groups in total. The Bertz CT molecular complexity index is 1720. The summed E-state index contributed by atoms with van der Waals surface area (Å²) in [6.45, 7) is 5.76. The van der Waals surface area contributed by atoms with Crippen LogP contribution >= 0.6 is 0 Å². The molecule has 1 amide bonds. The van der Waals surface area contributed by atoms with E-state index < -0.39 is 0 Å². The largest absolute Gasteiger partial charge is 0.340 e. The van der Waals surface area contributed by atoms with E-state index in [1.165, 1.54) is 0 Å². The Hall–Kier alpha value is -4.78. The number of fused-ring (bicyclic) bond motifs is 1. The summed E-state index contributed by atoms with van der Waals surface area (Å²) in [5, 5.41) is 12.8. The van der Waals surface area contributed by atoms with Crippen LogP contribution in [0.4, 0.5) is 5.95 Å². The van der Waals surface area contributed by atoms with Crippen LogP contribution in [0.3, 0.4) is 0 Å². The molecule has 1 aromatic carbocycles. The van der Waals surface area contributed by atoms with Crippen LogP contribution in [0.25, 0.3) is 33.7 Å². The molecule has 0 bridgehead atoms. The minimum atomic E-state index is 0.0887. The van der Waals surface area contributed by atoms with Gasteiger partial charge in [-0.1, -0.05) is 17.3 Å². The van der Waals surface area contributed by atoms with Gasteiger partial charge in [0, 0.05) is 88.1 Å². The van der Waals surface area contributed by atoms with Crippen LogP contribution < -0.4 is 4.90 Å². The summed E-state index contributed by atoms with van der Waals surface area (Å²) in [5.74, 6) is 1.15. The van der Waals surface area contributed by atoms with Gasteiger partial charge in [0.05, 0.1) is 18.1 Å². The number of hydrogen-bond acceptors (Lipinski definition) is 10. The van der Waals surface area contributed by atoms with E-state index in [0.717, 1.165) is 80.4 Å². The van der Waals surface area contributed by atoms with E-state index in [4.69, 9.17) is 15.0 Å². The van der Waals surface area contributed by atoms with Crippen LogP contribution in [-0.4, -0.2) is 107 Å². The average Bonchev–Trinajstić information content (AvgIpc) is 3.67. The van der Waals surface area contributed by atoms with Crippen molar-refractivity contribution in [3.8, 4) is 22.4 Å². The molecule has 13 nitrogen and oxygen atoms in total. The highest BCUT2D eigenvalue weighted by Gasteiger charge is 2.24. The van der Waals surface area contributed by atoms with Crippen LogP contribution in [0, 0.1) is 5.92 Å². The molecule has 1 unspecified atom stereocenters. The highest BCUT2D eigenvalue weighted by molar-refractivity contribution is 5.94. The first-order chi connectivity index (χ1) is 21.0. The lowest BCUT2D eigenvalue weighted by Crippen LogP contribution is -2.47. The summed E-state index contributed by atoms with van der Waals surface area (Å²) in [4.78, 5) is 38.0. The molecule has 2 fully saturated rings. The smallest absolute Gasteiger partial charge is 0.253 e. The molecule has 0 saturated carbocycles. The molecule has 1 atom stereocenters. The number of aromatic nitrogens is 9. The molecule has 13 heteroatoms. The number of piperazine rings is 1. The number of rotatable bonds is 6. The van der Waals surface area contributed by atoms with E-state index in [0.29, 0.717) is 29.3 Å². The van der Waals surface area contributed by atoms with Gasteiger partial charge in [0.2, 0.25) is 11.6 Å². The quantitative estimate of drug-likeness (QED) is 0.296. The number of anilines is 1. The van der Waals surface area contributed by atoms with Crippen LogP contribution in [-0.2, 0) is 13.6 Å². The summed E-state index contributed by atoms with van der Waals surface area (Å²) in [6.07, 6.45) is 11.2. The molecule has 5 aromatic rings. The van der Waals surface area contributed by atoms with Crippen molar-refractivity contribution >= 4 is 23.1 Å². The van der Waals surface area contributed by atoms with E-state index >= 15 is 0 Å². The third kappa shape index (κ3) is 5.67. The lowest BCUT2D eigenvalue weighted by Gasteiger charge is -2.32. The molecule has 0 aliphatic carbocycles. The Labute approximate surface area is 249 Å². The second kappa shape index (κ2) is 11.5. The maximum Gasteiger partial charge on any atom is 0.253 e. The molecule has 0 spiro atoms. The standard InChI is InChI=1S/C30H34N12O/c1-38-10-12-40(13-11-38)29(43)23-7-5-22(6-8-23)24-14-32-30(33-15-24)41-9-3-4-21(18-41)19-42-28-27(36-37-42)31-17-26(35-28)25-16-34-39(2)20-25/h5-8,14-17,20-21H,3-4,9-13,18-19H2,1-2H3. The Kier molecular flexibility index (Phi) is 7.23. The summed E-state index contributed by atoms with van der Waals surface area (Å²) in [6, 6.07) is 7.75. The molecular weight excluding hydrogens is 544 g/mol. The molecule has 0 radical (unpaired) electrons. The van der Waals surface area contributed by atoms with Crippen molar-refractivity contribution in [2.24, 2.45) is 13.0 Å². The first-order valence-corrected chi connectivity index (χ1v) is 14.7. The van der Waals surface area contributed by atoms with Crippen molar-refractivity contribution in [2.75, 3.05) is 51.2 Å². The van der Waals surface area contributed by atoms with E-state index in [2.05, 4.69) is 37.2 Å². The van der Waals surface area contributed by atoms with Crippen molar-refractivity contribution in [3.05, 3.63) is 60.8 Å². The van der Waals surface area contributed by atoms with E-state index in [1.54, 1.807) is 17.1 Å². The summed E-state index contributed by atoms with van der Waals surface area (Å²) in [5.41, 5.74) is 5.50. The number of piperidine rings is 1. The van der Waals surface area contributed by atoms with Crippen molar-refractivity contribution in [3.63, 3.8) is 0 Å². The molecule has 6 heterocycles. The van der Waals surface area contributed by atoms with Crippen LogP contribution in [0.2, 0.25) is 0 Å². The van der Waals surface area contributed by atoms with Crippen molar-refractivity contribution in [1.29, 1.82) is 0 Å². The lowest BCUT2D eigenvalue weighted by atomic mass is 9.98. The van der Waals surface area contributed by atoms with Gasteiger partial charge in [0.1, 0.15) is 0 Å². The molecule has 7 rings (SSSR count). The van der Waals surface area contributed by atoms with Gasteiger partial charge in [-0.15, -0.1) is 5.10 Å². The molecule has 4 aromatic heterocycles. The number of likely N-dealkylation sites (N-methyl/N-ethyl adjacent to an activating group) is 1. The second-order valence-corrected chi connectivity index (χ2v) is 11.5. The van der Waals surface area contributed by atoms with Gasteiger partial charge in [-0.3, -0.25) is 9.48 Å². The predicted octanol–water partition coefficient (Wildman–Crippen LogP) is 2.38. The Morgan fingerprint density at radius 1 is 0.884 bits per heavy atom. The number of nitrogens with zero attached hydrogens (tertiary/aromatic N) is 12. The second-order valence-electron chi connectivity index (χ2n) is 11.5. The molecule has 2 aliphatic heterocycles. The number of carbonyl (C=O) groups excluding carboxylic acids is 1. The minimum absolute atomic E-state index is 0.0887. The van der Waals surface area contributed by atoms with Gasteiger partial charge < -0.3 is 14.7 Å². The fourth-order valence-corrected chi connectivity index (χ4v) is 5.84. The summed E-state index contributed by atoms with van der Waals surface area (Å²) >= 11 is 0. The van der Waals surface area contributed by atoms with Gasteiger partial charge in [0.25, 0.3) is 5.91 Å². The SMILES string of the molecule is CN1CCN(C(=O)c2ccc(-c3cnc(N4CCCC(Cn5nnc6ncc(-c7cnn(C)c7)nc65)C4)nc3)cc2)CC1. The fourth-order valence-electron chi connectivity index (χ4n) is 5.84.